The summed E-state index contributed by atoms with van der Waals surface area (Å²) in [6.07, 6.45) is 0. The molecule has 0 amide bonds. The van der Waals surface area contributed by atoms with Crippen LogP contribution in [0.2, 0.25) is 0 Å². The number of hydrogen-bond donors (Lipinski definition) is 0. The van der Waals surface area contributed by atoms with Gasteiger partial charge in [-0.1, -0.05) is 24.3 Å². The fourth-order valence-corrected chi connectivity index (χ4v) is 2.81. The predicted molar refractivity (Wildman–Crippen MR) is 89.4 cm³/mol. The Morgan fingerprint density at radius 1 is 0.565 bits per heavy atom. The standard InChI is InChI=1S/C17H18N6/c1-10-5-6-11(2)15-14(10)18-22(19-15)9-23-20-16-12(3)7-8-13(4)17(16)21-23/h5-8H,9H2,1-4H3. The van der Waals surface area contributed by atoms with Gasteiger partial charge in [-0.3, -0.25) is 0 Å². The fraction of sp³-hybridized carbons (Fsp3) is 0.294. The van der Waals surface area contributed by atoms with E-state index in [1.807, 2.05) is 27.7 Å². The molecule has 0 fully saturated rings. The molecule has 2 aromatic carbocycles. The normalized spacial score (nSPS) is 11.7. The van der Waals surface area contributed by atoms with E-state index in [4.69, 9.17) is 0 Å². The lowest BCUT2D eigenvalue weighted by atomic mass is 10.1. The average Bonchev–Trinajstić information content (AvgIpc) is 3.13. The van der Waals surface area contributed by atoms with Gasteiger partial charge in [-0.25, -0.2) is 0 Å². The first kappa shape index (κ1) is 13.9. The number of aryl methyl sites for hydroxylation is 4. The van der Waals surface area contributed by atoms with Crippen LogP contribution in [0.15, 0.2) is 24.3 Å². The van der Waals surface area contributed by atoms with Crippen LogP contribution >= 0.6 is 0 Å². The summed E-state index contributed by atoms with van der Waals surface area (Å²) in [5, 5.41) is 18.4. The largest absolute Gasteiger partial charge is 0.172 e. The lowest BCUT2D eigenvalue weighted by molar-refractivity contribution is 0.420. The molecule has 4 aromatic rings. The molecule has 2 heterocycles. The smallest absolute Gasteiger partial charge is 0.160 e. The molecule has 0 aliphatic heterocycles. The molecule has 0 unspecified atom stereocenters. The molecule has 0 N–H and O–H groups in total. The topological polar surface area (TPSA) is 61.4 Å². The van der Waals surface area contributed by atoms with Crippen LogP contribution in [-0.2, 0) is 6.67 Å². The number of nitrogens with zero attached hydrogens (tertiary/aromatic N) is 6. The molecular formula is C17H18N6. The van der Waals surface area contributed by atoms with Gasteiger partial charge in [0.15, 0.2) is 6.67 Å². The van der Waals surface area contributed by atoms with E-state index in [1.165, 1.54) is 0 Å². The average molecular weight is 306 g/mol. The van der Waals surface area contributed by atoms with Crippen LogP contribution in [0.1, 0.15) is 22.3 Å². The van der Waals surface area contributed by atoms with E-state index in [1.54, 1.807) is 9.59 Å². The Kier molecular flexibility index (Phi) is 2.94. The maximum absolute atomic E-state index is 4.59. The second kappa shape index (κ2) is 4.87. The SMILES string of the molecule is Cc1ccc(C)c2nn(Cn3nc4c(C)ccc(C)c4n3)nc12. The Balaban J connectivity index is 1.79. The van der Waals surface area contributed by atoms with Crippen molar-refractivity contribution in [3.63, 3.8) is 0 Å². The van der Waals surface area contributed by atoms with E-state index < -0.39 is 0 Å². The third-order valence-electron chi connectivity index (χ3n) is 4.22. The second-order valence-corrected chi connectivity index (χ2v) is 6.08. The summed E-state index contributed by atoms with van der Waals surface area (Å²) in [7, 11) is 0. The third kappa shape index (κ3) is 2.18. The summed E-state index contributed by atoms with van der Waals surface area (Å²) >= 11 is 0. The van der Waals surface area contributed by atoms with Crippen molar-refractivity contribution >= 4 is 22.1 Å². The minimum Gasteiger partial charge on any atom is -0.160 e. The van der Waals surface area contributed by atoms with Crippen LogP contribution < -0.4 is 0 Å². The number of hydrogen-bond acceptors (Lipinski definition) is 4. The van der Waals surface area contributed by atoms with Gasteiger partial charge in [-0.15, -0.1) is 0 Å². The highest BCUT2D eigenvalue weighted by Crippen LogP contribution is 2.19. The molecule has 0 saturated carbocycles. The van der Waals surface area contributed by atoms with Crippen molar-refractivity contribution in [1.29, 1.82) is 0 Å². The van der Waals surface area contributed by atoms with Crippen molar-refractivity contribution in [2.45, 2.75) is 34.4 Å². The molecule has 6 heteroatoms. The van der Waals surface area contributed by atoms with Gasteiger partial charge in [0, 0.05) is 0 Å². The highest BCUT2D eigenvalue weighted by atomic mass is 15.6. The van der Waals surface area contributed by atoms with Crippen LogP contribution in [0.5, 0.6) is 0 Å². The molecule has 0 atom stereocenters. The quantitative estimate of drug-likeness (QED) is 0.571. The van der Waals surface area contributed by atoms with Crippen molar-refractivity contribution < 1.29 is 0 Å². The van der Waals surface area contributed by atoms with Crippen LogP contribution in [0, 0.1) is 27.7 Å². The number of aromatic nitrogens is 6. The molecule has 0 aliphatic carbocycles. The summed E-state index contributed by atoms with van der Waals surface area (Å²) in [6.45, 7) is 8.60. The summed E-state index contributed by atoms with van der Waals surface area (Å²) < 4.78 is 0. The van der Waals surface area contributed by atoms with Crippen molar-refractivity contribution in [1.82, 2.24) is 30.0 Å². The number of rotatable bonds is 2. The number of fused-ring (bicyclic) bond motifs is 2. The van der Waals surface area contributed by atoms with Gasteiger partial charge >= 0.3 is 0 Å². The Morgan fingerprint density at radius 3 is 1.09 bits per heavy atom. The van der Waals surface area contributed by atoms with Gasteiger partial charge in [-0.05, 0) is 49.9 Å². The maximum atomic E-state index is 4.59. The van der Waals surface area contributed by atoms with Gasteiger partial charge < -0.3 is 0 Å². The Labute approximate surface area is 133 Å². The first-order valence-corrected chi connectivity index (χ1v) is 7.65. The Bertz CT molecular complexity index is 878. The summed E-state index contributed by atoms with van der Waals surface area (Å²) in [5.41, 5.74) is 8.26. The lowest BCUT2D eigenvalue weighted by Crippen LogP contribution is -2.13. The zero-order valence-corrected chi connectivity index (χ0v) is 13.7. The van der Waals surface area contributed by atoms with E-state index in [0.29, 0.717) is 6.67 Å². The highest BCUT2D eigenvalue weighted by molar-refractivity contribution is 5.81. The van der Waals surface area contributed by atoms with Crippen molar-refractivity contribution in [3.05, 3.63) is 46.5 Å². The molecule has 2 aromatic heterocycles. The second-order valence-electron chi connectivity index (χ2n) is 6.08. The first-order chi connectivity index (χ1) is 11.0. The molecule has 23 heavy (non-hydrogen) atoms. The Morgan fingerprint density at radius 2 is 0.826 bits per heavy atom. The van der Waals surface area contributed by atoms with Crippen molar-refractivity contribution in [3.8, 4) is 0 Å². The van der Waals surface area contributed by atoms with E-state index in [2.05, 4.69) is 44.7 Å². The molecule has 0 aliphatic rings. The van der Waals surface area contributed by atoms with Crippen LogP contribution in [0.25, 0.3) is 22.1 Å². The first-order valence-electron chi connectivity index (χ1n) is 7.65. The molecule has 6 nitrogen and oxygen atoms in total. The fourth-order valence-electron chi connectivity index (χ4n) is 2.81. The molecular weight excluding hydrogens is 288 g/mol. The zero-order valence-electron chi connectivity index (χ0n) is 13.7. The Hall–Kier alpha value is -2.76. The molecule has 0 radical (unpaired) electrons. The van der Waals surface area contributed by atoms with E-state index in [9.17, 15) is 0 Å². The lowest BCUT2D eigenvalue weighted by Gasteiger charge is -1.97. The molecule has 4 rings (SSSR count). The monoisotopic (exact) mass is 306 g/mol. The molecule has 0 spiro atoms. The van der Waals surface area contributed by atoms with Crippen molar-refractivity contribution in [2.75, 3.05) is 0 Å². The van der Waals surface area contributed by atoms with Gasteiger partial charge in [-0.2, -0.15) is 30.0 Å². The predicted octanol–water partition coefficient (Wildman–Crippen LogP) is 2.92. The van der Waals surface area contributed by atoms with E-state index >= 15 is 0 Å². The highest BCUT2D eigenvalue weighted by Gasteiger charge is 2.11. The summed E-state index contributed by atoms with van der Waals surface area (Å²) in [5.74, 6) is 0. The van der Waals surface area contributed by atoms with E-state index in [-0.39, 0.29) is 0 Å². The summed E-state index contributed by atoms with van der Waals surface area (Å²) in [4.78, 5) is 3.32. The molecule has 0 saturated heterocycles. The molecule has 116 valence electrons. The van der Waals surface area contributed by atoms with Crippen LogP contribution in [0.3, 0.4) is 0 Å². The van der Waals surface area contributed by atoms with Gasteiger partial charge in [0.25, 0.3) is 0 Å². The minimum atomic E-state index is 0.404. The number of benzene rings is 2. The molecule has 0 bridgehead atoms. The van der Waals surface area contributed by atoms with Crippen molar-refractivity contribution in [2.24, 2.45) is 0 Å². The van der Waals surface area contributed by atoms with Gasteiger partial charge in [0.1, 0.15) is 22.1 Å². The summed E-state index contributed by atoms with van der Waals surface area (Å²) in [6, 6.07) is 8.29. The third-order valence-corrected chi connectivity index (χ3v) is 4.22. The van der Waals surface area contributed by atoms with E-state index in [0.717, 1.165) is 44.3 Å². The van der Waals surface area contributed by atoms with Gasteiger partial charge in [0.05, 0.1) is 0 Å². The van der Waals surface area contributed by atoms with Crippen LogP contribution in [0.4, 0.5) is 0 Å². The van der Waals surface area contributed by atoms with Gasteiger partial charge in [0.2, 0.25) is 0 Å². The minimum absolute atomic E-state index is 0.404. The van der Waals surface area contributed by atoms with Crippen LogP contribution in [-0.4, -0.2) is 30.0 Å². The maximum Gasteiger partial charge on any atom is 0.172 e. The zero-order chi connectivity index (χ0) is 16.1.